The Morgan fingerprint density at radius 3 is 2.50 bits per heavy atom. The van der Waals surface area contributed by atoms with Crippen molar-refractivity contribution in [2.75, 3.05) is 11.5 Å². The van der Waals surface area contributed by atoms with E-state index >= 15 is 0 Å². The predicted octanol–water partition coefficient (Wildman–Crippen LogP) is 2.31. The van der Waals surface area contributed by atoms with Gasteiger partial charge in [0.1, 0.15) is 0 Å². The highest BCUT2D eigenvalue weighted by Gasteiger charge is 2.19. The van der Waals surface area contributed by atoms with Gasteiger partial charge in [-0.05, 0) is 18.4 Å². The summed E-state index contributed by atoms with van der Waals surface area (Å²) in [4.78, 5) is 10.6. The molecule has 110 valence electrons. The van der Waals surface area contributed by atoms with Gasteiger partial charge < -0.3 is 5.11 Å². The molecule has 1 unspecified atom stereocenters. The van der Waals surface area contributed by atoms with E-state index in [9.17, 15) is 13.2 Å². The van der Waals surface area contributed by atoms with Crippen molar-refractivity contribution in [2.24, 2.45) is 5.92 Å². The Morgan fingerprint density at radius 2 is 1.90 bits per heavy atom. The summed E-state index contributed by atoms with van der Waals surface area (Å²) in [6.07, 6.45) is 5.07. The summed E-state index contributed by atoms with van der Waals surface area (Å²) >= 11 is 0. The van der Waals surface area contributed by atoms with E-state index in [1.807, 2.05) is 36.4 Å². The van der Waals surface area contributed by atoms with Gasteiger partial charge in [0, 0.05) is 0 Å². The van der Waals surface area contributed by atoms with Gasteiger partial charge in [0.25, 0.3) is 0 Å². The van der Waals surface area contributed by atoms with Crippen molar-refractivity contribution in [3.63, 3.8) is 0 Å². The lowest BCUT2D eigenvalue weighted by Crippen LogP contribution is -2.22. The van der Waals surface area contributed by atoms with E-state index in [2.05, 4.69) is 0 Å². The lowest BCUT2D eigenvalue weighted by Gasteiger charge is -2.05. The van der Waals surface area contributed by atoms with Gasteiger partial charge in [-0.25, -0.2) is 8.42 Å². The summed E-state index contributed by atoms with van der Waals surface area (Å²) in [5.41, 5.74) is 1.21. The molecule has 0 aliphatic rings. The van der Waals surface area contributed by atoms with E-state index in [0.717, 1.165) is 12.8 Å². The molecule has 1 rings (SSSR count). The third-order valence-corrected chi connectivity index (χ3v) is 4.59. The molecule has 0 aromatic heterocycles. The fraction of sp³-hybridized carbons (Fsp3) is 0.400. The molecule has 20 heavy (non-hydrogen) atoms. The molecule has 1 atom stereocenters. The quantitative estimate of drug-likeness (QED) is 0.747. The number of benzene rings is 1. The first-order valence-corrected chi connectivity index (χ1v) is 8.35. The Bertz CT molecular complexity index is 546. The van der Waals surface area contributed by atoms with Gasteiger partial charge in [0.2, 0.25) is 0 Å². The molecule has 0 fully saturated rings. The zero-order chi connectivity index (χ0) is 15.0. The molecule has 0 radical (unpaired) electrons. The summed E-state index contributed by atoms with van der Waals surface area (Å²) < 4.78 is 23.3. The van der Waals surface area contributed by atoms with Crippen LogP contribution < -0.4 is 0 Å². The van der Waals surface area contributed by atoms with Crippen molar-refractivity contribution in [1.82, 2.24) is 0 Å². The first-order chi connectivity index (χ1) is 9.41. The minimum Gasteiger partial charge on any atom is -0.481 e. The van der Waals surface area contributed by atoms with Crippen molar-refractivity contribution < 1.29 is 18.3 Å². The van der Waals surface area contributed by atoms with Gasteiger partial charge in [-0.15, -0.1) is 0 Å². The van der Waals surface area contributed by atoms with E-state index in [1.165, 1.54) is 12.5 Å². The maximum absolute atomic E-state index is 11.7. The Kier molecular flexibility index (Phi) is 6.45. The molecule has 0 bridgehead atoms. The van der Waals surface area contributed by atoms with E-state index in [0.29, 0.717) is 0 Å². The second kappa shape index (κ2) is 7.85. The van der Waals surface area contributed by atoms with E-state index in [-0.39, 0.29) is 11.5 Å². The predicted molar refractivity (Wildman–Crippen MR) is 79.4 cm³/mol. The minimum absolute atomic E-state index is 0.0978. The van der Waals surface area contributed by atoms with Gasteiger partial charge in [-0.3, -0.25) is 4.79 Å². The van der Waals surface area contributed by atoms with Crippen LogP contribution in [0.5, 0.6) is 0 Å². The zero-order valence-electron chi connectivity index (χ0n) is 11.5. The van der Waals surface area contributed by atoms with Crippen LogP contribution in [0.2, 0.25) is 0 Å². The van der Waals surface area contributed by atoms with Crippen LogP contribution in [0.15, 0.2) is 42.5 Å². The molecule has 0 aliphatic heterocycles. The molecule has 5 heteroatoms. The number of hydrogen-bond acceptors (Lipinski definition) is 3. The van der Waals surface area contributed by atoms with E-state index in [4.69, 9.17) is 5.11 Å². The van der Waals surface area contributed by atoms with Crippen molar-refractivity contribution >= 4 is 15.8 Å². The fourth-order valence-corrected chi connectivity index (χ4v) is 3.22. The molecule has 0 amide bonds. The first-order valence-electron chi connectivity index (χ1n) is 6.53. The Morgan fingerprint density at radius 1 is 1.25 bits per heavy atom. The summed E-state index contributed by atoms with van der Waals surface area (Å²) in [7, 11) is -3.34. The lowest BCUT2D eigenvalue weighted by molar-refractivity contribution is -0.140. The molecule has 0 aliphatic carbocycles. The average Bonchev–Trinajstić information content (AvgIpc) is 2.38. The van der Waals surface area contributed by atoms with Crippen molar-refractivity contribution in [3.8, 4) is 0 Å². The molecular weight excluding hydrogens is 276 g/mol. The molecule has 0 spiro atoms. The number of allylic oxidation sites excluding steroid dienone is 1. The summed E-state index contributed by atoms with van der Waals surface area (Å²) in [6.45, 7) is 1.40. The molecule has 1 aromatic rings. The molecule has 0 saturated heterocycles. The smallest absolute Gasteiger partial charge is 0.307 e. The second-order valence-electron chi connectivity index (χ2n) is 4.81. The number of hydrogen-bond donors (Lipinski definition) is 1. The maximum Gasteiger partial charge on any atom is 0.307 e. The number of aryl methyl sites for hydroxylation is 1. The second-order valence-corrected chi connectivity index (χ2v) is 6.97. The monoisotopic (exact) mass is 296 g/mol. The Labute approximate surface area is 120 Å². The van der Waals surface area contributed by atoms with Crippen molar-refractivity contribution in [2.45, 2.75) is 19.8 Å². The largest absolute Gasteiger partial charge is 0.481 e. The van der Waals surface area contributed by atoms with Crippen LogP contribution in [0.3, 0.4) is 0 Å². The van der Waals surface area contributed by atoms with Crippen LogP contribution in [0.1, 0.15) is 18.9 Å². The van der Waals surface area contributed by atoms with E-state index < -0.39 is 21.7 Å². The highest BCUT2D eigenvalue weighted by Crippen LogP contribution is 2.05. The average molecular weight is 296 g/mol. The molecular formula is C15H20O4S. The Balaban J connectivity index is 2.35. The lowest BCUT2D eigenvalue weighted by atomic mass is 10.1. The number of carbonyl (C=O) groups is 1. The van der Waals surface area contributed by atoms with Gasteiger partial charge in [-0.2, -0.15) is 0 Å². The van der Waals surface area contributed by atoms with Crippen LogP contribution >= 0.6 is 0 Å². The molecule has 0 heterocycles. The van der Waals surface area contributed by atoms with Gasteiger partial charge >= 0.3 is 5.97 Å². The number of aliphatic carboxylic acids is 1. The first kappa shape index (κ1) is 16.4. The van der Waals surface area contributed by atoms with E-state index in [1.54, 1.807) is 6.08 Å². The zero-order valence-corrected chi connectivity index (χ0v) is 12.3. The molecule has 1 N–H and O–H groups in total. The van der Waals surface area contributed by atoms with Crippen LogP contribution in [0.25, 0.3) is 0 Å². The van der Waals surface area contributed by atoms with Crippen molar-refractivity contribution in [1.29, 1.82) is 0 Å². The van der Waals surface area contributed by atoms with Gasteiger partial charge in [-0.1, -0.05) is 49.4 Å². The number of rotatable bonds is 8. The summed E-state index contributed by atoms with van der Waals surface area (Å²) in [6, 6.07) is 9.95. The molecule has 1 aromatic carbocycles. The SMILES string of the molecule is CC(CS(=O)(=O)CC=CCCc1ccccc1)C(=O)O. The van der Waals surface area contributed by atoms with Crippen LogP contribution in [-0.2, 0) is 21.1 Å². The maximum atomic E-state index is 11.7. The van der Waals surface area contributed by atoms with Crippen LogP contribution in [0.4, 0.5) is 0 Å². The summed E-state index contributed by atoms with van der Waals surface area (Å²) in [5, 5.41) is 8.70. The highest BCUT2D eigenvalue weighted by atomic mass is 32.2. The Hall–Kier alpha value is -1.62. The minimum atomic E-state index is -3.34. The topological polar surface area (TPSA) is 71.4 Å². The van der Waals surface area contributed by atoms with Crippen molar-refractivity contribution in [3.05, 3.63) is 48.0 Å². The molecule has 0 saturated carbocycles. The number of carboxylic acids is 1. The van der Waals surface area contributed by atoms with Gasteiger partial charge in [0.15, 0.2) is 9.84 Å². The number of carboxylic acid groups (broad SMARTS) is 1. The highest BCUT2D eigenvalue weighted by molar-refractivity contribution is 7.91. The third kappa shape index (κ3) is 6.52. The summed E-state index contributed by atoms with van der Waals surface area (Å²) in [5.74, 6) is -2.36. The van der Waals surface area contributed by atoms with Crippen LogP contribution in [0, 0.1) is 5.92 Å². The fourth-order valence-electron chi connectivity index (χ4n) is 1.75. The van der Waals surface area contributed by atoms with Gasteiger partial charge in [0.05, 0.1) is 17.4 Å². The molecule has 4 nitrogen and oxygen atoms in total. The van der Waals surface area contributed by atoms with Crippen LogP contribution in [-0.4, -0.2) is 31.0 Å². The normalized spacial score (nSPS) is 13.4. The third-order valence-electron chi connectivity index (χ3n) is 2.88. The number of sulfone groups is 1. The standard InChI is InChI=1S/C15H20O4S/c1-13(15(16)17)12-20(18,19)11-7-3-6-10-14-8-4-2-5-9-14/h2-5,7-9,13H,6,10-12H2,1H3,(H,16,17).